The molecule has 2 saturated heterocycles. The summed E-state index contributed by atoms with van der Waals surface area (Å²) in [5, 5.41) is 20.4. The largest absolute Gasteiger partial charge is 0.479 e. The highest BCUT2D eigenvalue weighted by Crippen LogP contribution is 2.51. The van der Waals surface area contributed by atoms with Gasteiger partial charge in [0.25, 0.3) is 4.45 Å². The van der Waals surface area contributed by atoms with Crippen LogP contribution in [0.4, 0.5) is 4.79 Å². The van der Waals surface area contributed by atoms with Gasteiger partial charge in [0.1, 0.15) is 0 Å². The van der Waals surface area contributed by atoms with Crippen LogP contribution >= 0.6 is 35.5 Å². The van der Waals surface area contributed by atoms with Gasteiger partial charge < -0.3 is 15.1 Å². The number of carboxylic acid groups (broad SMARTS) is 1. The Labute approximate surface area is 175 Å². The molecule has 0 aromatic heterocycles. The smallest absolute Gasteiger partial charge is 0.331 e. The number of carboxylic acids is 1. The highest BCUT2D eigenvalue weighted by Gasteiger charge is 2.60. The third-order valence-electron chi connectivity index (χ3n) is 4.43. The van der Waals surface area contributed by atoms with Crippen LogP contribution in [0.1, 0.15) is 12.5 Å². The fourth-order valence-electron chi connectivity index (χ4n) is 3.16. The van der Waals surface area contributed by atoms with Gasteiger partial charge >= 0.3 is 5.97 Å². The summed E-state index contributed by atoms with van der Waals surface area (Å²) in [5.74, 6) is -2.11. The molecule has 0 aliphatic carbocycles. The molecule has 3 rings (SSSR count). The third kappa shape index (κ3) is 4.41. The molecule has 2 N–H and O–H groups in total. The van der Waals surface area contributed by atoms with Crippen LogP contribution in [-0.2, 0) is 16.1 Å². The average Bonchev–Trinajstić information content (AvgIpc) is 2.94. The lowest BCUT2D eigenvalue weighted by atomic mass is 9.91. The third-order valence-corrected chi connectivity index (χ3v) is 7.62. The Bertz CT molecular complexity index is 802. The molecule has 1 aromatic carbocycles. The molecule has 28 heavy (non-hydrogen) atoms. The summed E-state index contributed by atoms with van der Waals surface area (Å²) in [6.07, 6.45) is -0.841. The molecule has 150 valence electrons. The minimum atomic E-state index is -1.14. The Balaban J connectivity index is 1.60. The number of hydrogen-bond donors (Lipinski definition) is 2. The van der Waals surface area contributed by atoms with E-state index in [1.165, 1.54) is 29.0 Å². The number of aliphatic carboxylic acids is 1. The zero-order chi connectivity index (χ0) is 20.4. The molecule has 7 nitrogen and oxygen atoms in total. The van der Waals surface area contributed by atoms with Gasteiger partial charge in [0, 0.05) is 23.4 Å². The standard InChI is InChI=1S/C18H20N2O5S3/c1-10(21)13-15(22)20-14(17(23)24)12(27-16(13)20)9-26-18(25)28-19(2)8-11-6-4-3-5-7-11/h3-7,9-10,13-14,16,21H,8H2,1-2H3,(H,23,24)/b12-9+/t10-,13+,14?,16-/m1/s1. The van der Waals surface area contributed by atoms with Gasteiger partial charge in [-0.25, -0.2) is 9.10 Å². The minimum absolute atomic E-state index is 0.191. The number of amides is 1. The Hall–Kier alpha value is -1.46. The second-order valence-electron chi connectivity index (χ2n) is 6.51. The molecule has 0 bridgehead atoms. The number of aliphatic hydroxyl groups excluding tert-OH is 1. The number of β-lactam (4-membered cyclic amide) rings is 1. The minimum Gasteiger partial charge on any atom is -0.479 e. The van der Waals surface area contributed by atoms with Crippen molar-refractivity contribution in [3.63, 3.8) is 0 Å². The van der Waals surface area contributed by atoms with E-state index in [1.54, 1.807) is 4.31 Å². The summed E-state index contributed by atoms with van der Waals surface area (Å²) in [5.41, 5.74) is 1.08. The Morgan fingerprint density at radius 3 is 2.64 bits per heavy atom. The van der Waals surface area contributed by atoms with E-state index in [0.29, 0.717) is 11.4 Å². The predicted molar refractivity (Wildman–Crippen MR) is 111 cm³/mol. The van der Waals surface area contributed by atoms with Gasteiger partial charge in [-0.2, -0.15) is 0 Å². The molecule has 1 unspecified atom stereocenters. The van der Waals surface area contributed by atoms with E-state index in [-0.39, 0.29) is 10.4 Å². The van der Waals surface area contributed by atoms with Crippen molar-refractivity contribution >= 4 is 51.8 Å². The molecule has 2 heterocycles. The van der Waals surface area contributed by atoms with E-state index < -0.39 is 29.4 Å². The quantitative estimate of drug-likeness (QED) is 0.511. The first kappa shape index (κ1) is 21.3. The zero-order valence-corrected chi connectivity index (χ0v) is 17.7. The molecule has 0 radical (unpaired) electrons. The summed E-state index contributed by atoms with van der Waals surface area (Å²) in [4.78, 5) is 37.8. The maximum Gasteiger partial charge on any atom is 0.331 e. The van der Waals surface area contributed by atoms with Gasteiger partial charge in [-0.1, -0.05) is 30.3 Å². The number of carbonyl (C=O) groups is 3. The molecule has 2 aliphatic heterocycles. The second kappa shape index (κ2) is 8.91. The average molecular weight is 441 g/mol. The van der Waals surface area contributed by atoms with Crippen LogP contribution < -0.4 is 0 Å². The molecule has 0 spiro atoms. The van der Waals surface area contributed by atoms with Crippen molar-refractivity contribution in [2.24, 2.45) is 5.92 Å². The summed E-state index contributed by atoms with van der Waals surface area (Å²) in [7, 11) is 1.81. The SMILES string of the molecule is C[C@@H](O)[C@H]1C(=O)N2C(C(=O)O)/C(=C\SC(=O)SN(C)Cc3ccccc3)S[C@H]12. The van der Waals surface area contributed by atoms with Gasteiger partial charge in [0.2, 0.25) is 5.91 Å². The Kier molecular flexibility index (Phi) is 6.77. The molecule has 2 aliphatic rings. The summed E-state index contributed by atoms with van der Waals surface area (Å²) < 4.78 is 1.61. The maximum atomic E-state index is 12.3. The molecular weight excluding hydrogens is 420 g/mol. The molecule has 2 fully saturated rings. The van der Waals surface area contributed by atoms with E-state index >= 15 is 0 Å². The van der Waals surface area contributed by atoms with Crippen molar-refractivity contribution in [1.29, 1.82) is 0 Å². The maximum absolute atomic E-state index is 12.3. The first-order chi connectivity index (χ1) is 13.3. The molecule has 0 saturated carbocycles. The van der Waals surface area contributed by atoms with E-state index in [1.807, 2.05) is 37.4 Å². The number of thioether (sulfide) groups is 2. The number of hydrogen-bond acceptors (Lipinski definition) is 8. The molecule has 4 atom stereocenters. The fourth-order valence-corrected chi connectivity index (χ4v) is 6.49. The molecule has 1 aromatic rings. The highest BCUT2D eigenvalue weighted by molar-refractivity contribution is 8.38. The normalized spacial score (nSPS) is 26.3. The first-order valence-corrected chi connectivity index (χ1v) is 11.1. The number of rotatable bonds is 6. The fraction of sp³-hybridized carbons (Fsp3) is 0.389. The second-order valence-corrected chi connectivity index (χ2v) is 9.98. The lowest BCUT2D eigenvalue weighted by Crippen LogP contribution is -2.63. The van der Waals surface area contributed by atoms with Crippen molar-refractivity contribution < 1.29 is 24.6 Å². The number of fused-ring (bicyclic) bond motifs is 1. The van der Waals surface area contributed by atoms with Crippen molar-refractivity contribution in [3.8, 4) is 0 Å². The van der Waals surface area contributed by atoms with Crippen molar-refractivity contribution in [3.05, 3.63) is 46.2 Å². The summed E-state index contributed by atoms with van der Waals surface area (Å²) in [6.45, 7) is 2.12. The Morgan fingerprint density at radius 1 is 1.36 bits per heavy atom. The van der Waals surface area contributed by atoms with Crippen molar-refractivity contribution in [1.82, 2.24) is 9.21 Å². The van der Waals surface area contributed by atoms with Crippen molar-refractivity contribution in [2.45, 2.75) is 31.0 Å². The molecular formula is C18H20N2O5S3. The Morgan fingerprint density at radius 2 is 2.04 bits per heavy atom. The van der Waals surface area contributed by atoms with Gasteiger partial charge in [-0.05, 0) is 36.7 Å². The van der Waals surface area contributed by atoms with Gasteiger partial charge in [-0.3, -0.25) is 9.59 Å². The van der Waals surface area contributed by atoms with Gasteiger partial charge in [0.15, 0.2) is 6.04 Å². The topological polar surface area (TPSA) is 98.1 Å². The lowest BCUT2D eigenvalue weighted by Gasteiger charge is -2.44. The van der Waals surface area contributed by atoms with E-state index in [0.717, 1.165) is 29.3 Å². The summed E-state index contributed by atoms with van der Waals surface area (Å²) >= 11 is 3.19. The monoisotopic (exact) mass is 440 g/mol. The van der Waals surface area contributed by atoms with Gasteiger partial charge in [-0.15, -0.1) is 11.8 Å². The number of nitrogens with zero attached hydrogens (tertiary/aromatic N) is 2. The molecule has 10 heteroatoms. The number of benzene rings is 1. The van der Waals surface area contributed by atoms with Crippen LogP contribution in [0.15, 0.2) is 40.6 Å². The zero-order valence-electron chi connectivity index (χ0n) is 15.2. The van der Waals surface area contributed by atoms with E-state index in [9.17, 15) is 24.6 Å². The van der Waals surface area contributed by atoms with E-state index in [2.05, 4.69) is 0 Å². The number of aliphatic hydroxyl groups is 1. The molecule has 1 amide bonds. The van der Waals surface area contributed by atoms with E-state index in [4.69, 9.17) is 0 Å². The van der Waals surface area contributed by atoms with Crippen LogP contribution in [0.5, 0.6) is 0 Å². The van der Waals surface area contributed by atoms with Crippen LogP contribution in [0.2, 0.25) is 0 Å². The number of carbonyl (C=O) groups excluding carboxylic acids is 2. The van der Waals surface area contributed by atoms with Crippen LogP contribution in [0.3, 0.4) is 0 Å². The van der Waals surface area contributed by atoms with Crippen molar-refractivity contribution in [2.75, 3.05) is 7.05 Å². The predicted octanol–water partition coefficient (Wildman–Crippen LogP) is 2.83. The first-order valence-electron chi connectivity index (χ1n) is 8.53. The van der Waals surface area contributed by atoms with Crippen LogP contribution in [0.25, 0.3) is 0 Å². The highest BCUT2D eigenvalue weighted by atomic mass is 32.2. The summed E-state index contributed by atoms with van der Waals surface area (Å²) in [6, 6.07) is 8.65. The van der Waals surface area contributed by atoms with Crippen LogP contribution in [-0.4, -0.2) is 60.3 Å². The van der Waals surface area contributed by atoms with Crippen LogP contribution in [0, 0.1) is 5.92 Å². The lowest BCUT2D eigenvalue weighted by molar-refractivity contribution is -0.165. The van der Waals surface area contributed by atoms with Gasteiger partial charge in [0.05, 0.1) is 17.4 Å².